The molecular weight excluding hydrogens is 278 g/mol. The van der Waals surface area contributed by atoms with Crippen LogP contribution in [0.3, 0.4) is 0 Å². The molecule has 1 aromatic carbocycles. The largest absolute Gasteiger partial charge is 0.335 e. The molecule has 4 rings (SSSR count). The summed E-state index contributed by atoms with van der Waals surface area (Å²) in [5, 5.41) is 10.3. The van der Waals surface area contributed by atoms with Crippen molar-refractivity contribution in [2.45, 2.75) is 44.3 Å². The number of nitrogens with one attached hydrogen (secondary N) is 2. The van der Waals surface area contributed by atoms with Crippen LogP contribution in [0, 0.1) is 0 Å². The quantitative estimate of drug-likeness (QED) is 0.884. The summed E-state index contributed by atoms with van der Waals surface area (Å²) < 4.78 is 1.87. The molecule has 114 valence electrons. The van der Waals surface area contributed by atoms with Gasteiger partial charge in [0.25, 0.3) is 0 Å². The molecule has 1 unspecified atom stereocenters. The summed E-state index contributed by atoms with van der Waals surface area (Å²) in [5.41, 5.74) is 2.68. The maximum absolute atomic E-state index is 12.3. The van der Waals surface area contributed by atoms with E-state index in [4.69, 9.17) is 0 Å². The maximum atomic E-state index is 12.3. The molecule has 0 radical (unpaired) electrons. The third kappa shape index (κ3) is 2.45. The van der Waals surface area contributed by atoms with Gasteiger partial charge in [0.05, 0.1) is 6.04 Å². The third-order valence-electron chi connectivity index (χ3n) is 4.51. The highest BCUT2D eigenvalue weighted by molar-refractivity contribution is 5.75. The zero-order valence-electron chi connectivity index (χ0n) is 12.3. The molecule has 0 saturated heterocycles. The van der Waals surface area contributed by atoms with E-state index < -0.39 is 0 Å². The van der Waals surface area contributed by atoms with Gasteiger partial charge in [-0.1, -0.05) is 24.3 Å². The number of fused-ring (bicyclic) bond motifs is 2. The Balaban J connectivity index is 1.37. The van der Waals surface area contributed by atoms with Gasteiger partial charge in [0.15, 0.2) is 0 Å². The number of aromatic nitrogens is 3. The Morgan fingerprint density at radius 2 is 1.95 bits per heavy atom. The predicted octanol–water partition coefficient (Wildman–Crippen LogP) is 1.58. The van der Waals surface area contributed by atoms with Crippen molar-refractivity contribution in [3.63, 3.8) is 0 Å². The topological polar surface area (TPSA) is 71.8 Å². The molecule has 1 aliphatic carbocycles. The molecule has 22 heavy (non-hydrogen) atoms. The minimum Gasteiger partial charge on any atom is -0.335 e. The van der Waals surface area contributed by atoms with E-state index in [2.05, 4.69) is 45.0 Å². The van der Waals surface area contributed by atoms with Gasteiger partial charge in [0, 0.05) is 12.6 Å². The van der Waals surface area contributed by atoms with Gasteiger partial charge in [-0.3, -0.25) is 0 Å². The third-order valence-corrected chi connectivity index (χ3v) is 4.51. The Morgan fingerprint density at radius 1 is 1.18 bits per heavy atom. The standard InChI is InChI=1S/C16H19N5O/c22-16(19-13-8-11-4-1-2-5-12(11)9-13)20-14-6-3-7-21-15(14)17-10-18-21/h1-2,4-5,10,13-14H,3,6-9H2,(H2,19,20,22). The van der Waals surface area contributed by atoms with E-state index in [9.17, 15) is 4.79 Å². The zero-order chi connectivity index (χ0) is 14.9. The van der Waals surface area contributed by atoms with Gasteiger partial charge in [-0.05, 0) is 36.8 Å². The van der Waals surface area contributed by atoms with Gasteiger partial charge in [-0.15, -0.1) is 0 Å². The number of amides is 2. The van der Waals surface area contributed by atoms with Crippen LogP contribution >= 0.6 is 0 Å². The van der Waals surface area contributed by atoms with Gasteiger partial charge < -0.3 is 10.6 Å². The number of carbonyl (C=O) groups is 1. The Morgan fingerprint density at radius 3 is 2.73 bits per heavy atom. The summed E-state index contributed by atoms with van der Waals surface area (Å²) in [6, 6.07) is 8.40. The first-order valence-corrected chi connectivity index (χ1v) is 7.81. The van der Waals surface area contributed by atoms with Crippen LogP contribution in [-0.2, 0) is 19.4 Å². The van der Waals surface area contributed by atoms with Crippen LogP contribution in [0.4, 0.5) is 4.79 Å². The Labute approximate surface area is 128 Å². The summed E-state index contributed by atoms with van der Waals surface area (Å²) in [6.45, 7) is 0.882. The minimum atomic E-state index is -0.112. The number of hydrogen-bond acceptors (Lipinski definition) is 3. The first-order chi connectivity index (χ1) is 10.8. The molecular formula is C16H19N5O. The summed E-state index contributed by atoms with van der Waals surface area (Å²) in [6.07, 6.45) is 5.29. The highest BCUT2D eigenvalue weighted by atomic mass is 16.2. The summed E-state index contributed by atoms with van der Waals surface area (Å²) in [4.78, 5) is 16.5. The Hall–Kier alpha value is -2.37. The van der Waals surface area contributed by atoms with Crippen LogP contribution in [0.2, 0.25) is 0 Å². The predicted molar refractivity (Wildman–Crippen MR) is 81.3 cm³/mol. The Bertz CT molecular complexity index is 670. The van der Waals surface area contributed by atoms with Crippen LogP contribution in [0.25, 0.3) is 0 Å². The Kier molecular flexibility index (Phi) is 3.29. The summed E-state index contributed by atoms with van der Waals surface area (Å²) in [5.74, 6) is 0.858. The van der Waals surface area contributed by atoms with Crippen molar-refractivity contribution in [3.8, 4) is 0 Å². The summed E-state index contributed by atoms with van der Waals surface area (Å²) in [7, 11) is 0. The molecule has 6 nitrogen and oxygen atoms in total. The first-order valence-electron chi connectivity index (χ1n) is 7.81. The smallest absolute Gasteiger partial charge is 0.315 e. The normalized spacial score (nSPS) is 20.3. The average molecular weight is 297 g/mol. The highest BCUT2D eigenvalue weighted by Crippen LogP contribution is 2.23. The van der Waals surface area contributed by atoms with Gasteiger partial charge >= 0.3 is 6.03 Å². The molecule has 1 aromatic heterocycles. The van der Waals surface area contributed by atoms with Crippen LogP contribution in [0.1, 0.15) is 35.8 Å². The minimum absolute atomic E-state index is 0.0416. The SMILES string of the molecule is O=C(NC1Cc2ccccc2C1)NC1CCCn2ncnc21. The molecule has 0 fully saturated rings. The van der Waals surface area contributed by atoms with E-state index >= 15 is 0 Å². The van der Waals surface area contributed by atoms with E-state index in [1.165, 1.54) is 11.1 Å². The fourth-order valence-corrected chi connectivity index (χ4v) is 3.47. The van der Waals surface area contributed by atoms with Crippen LogP contribution < -0.4 is 10.6 Å². The molecule has 0 bridgehead atoms. The lowest BCUT2D eigenvalue weighted by Crippen LogP contribution is -2.45. The molecule has 2 heterocycles. The van der Waals surface area contributed by atoms with E-state index in [-0.39, 0.29) is 18.1 Å². The first kappa shape index (κ1) is 13.3. The number of benzene rings is 1. The number of nitrogens with zero attached hydrogens (tertiary/aromatic N) is 3. The monoisotopic (exact) mass is 297 g/mol. The van der Waals surface area contributed by atoms with Crippen molar-refractivity contribution >= 4 is 6.03 Å². The van der Waals surface area contributed by atoms with Crippen molar-refractivity contribution < 1.29 is 4.79 Å². The van der Waals surface area contributed by atoms with Crippen molar-refractivity contribution in [2.75, 3.05) is 0 Å². The molecule has 1 aliphatic heterocycles. The van der Waals surface area contributed by atoms with Gasteiger partial charge in [0.1, 0.15) is 12.2 Å². The van der Waals surface area contributed by atoms with E-state index in [0.29, 0.717) is 0 Å². The van der Waals surface area contributed by atoms with Crippen molar-refractivity contribution in [3.05, 3.63) is 47.5 Å². The second-order valence-corrected chi connectivity index (χ2v) is 6.03. The van der Waals surface area contributed by atoms with Crippen LogP contribution in [0.15, 0.2) is 30.6 Å². The zero-order valence-corrected chi connectivity index (χ0v) is 12.3. The van der Waals surface area contributed by atoms with Crippen LogP contribution in [0.5, 0.6) is 0 Å². The summed E-state index contributed by atoms with van der Waals surface area (Å²) >= 11 is 0. The molecule has 1 atom stereocenters. The molecule has 6 heteroatoms. The molecule has 2 aromatic rings. The van der Waals surface area contributed by atoms with E-state index in [1.54, 1.807) is 6.33 Å². The van der Waals surface area contributed by atoms with Crippen LogP contribution in [-0.4, -0.2) is 26.8 Å². The fraction of sp³-hybridized carbons (Fsp3) is 0.438. The number of aryl methyl sites for hydroxylation is 1. The average Bonchev–Trinajstić information content (AvgIpc) is 3.12. The second-order valence-electron chi connectivity index (χ2n) is 6.03. The highest BCUT2D eigenvalue weighted by Gasteiger charge is 2.26. The van der Waals surface area contributed by atoms with Gasteiger partial charge in [-0.2, -0.15) is 5.10 Å². The molecule has 0 spiro atoms. The van der Waals surface area contributed by atoms with E-state index in [1.807, 2.05) is 4.68 Å². The number of urea groups is 1. The molecule has 0 saturated carbocycles. The van der Waals surface area contributed by atoms with E-state index in [0.717, 1.165) is 38.1 Å². The number of hydrogen-bond donors (Lipinski definition) is 2. The van der Waals surface area contributed by atoms with Crippen molar-refractivity contribution in [2.24, 2.45) is 0 Å². The van der Waals surface area contributed by atoms with Gasteiger partial charge in [0.2, 0.25) is 0 Å². The van der Waals surface area contributed by atoms with Crippen molar-refractivity contribution in [1.82, 2.24) is 25.4 Å². The molecule has 2 amide bonds. The maximum Gasteiger partial charge on any atom is 0.315 e. The number of carbonyl (C=O) groups excluding carboxylic acids is 1. The molecule has 2 aliphatic rings. The fourth-order valence-electron chi connectivity index (χ4n) is 3.47. The van der Waals surface area contributed by atoms with Crippen molar-refractivity contribution in [1.29, 1.82) is 0 Å². The number of rotatable bonds is 2. The second kappa shape index (κ2) is 5.44. The lowest BCUT2D eigenvalue weighted by atomic mass is 10.1. The lowest BCUT2D eigenvalue weighted by molar-refractivity contribution is 0.229. The lowest BCUT2D eigenvalue weighted by Gasteiger charge is -2.24. The molecule has 2 N–H and O–H groups in total. The van der Waals surface area contributed by atoms with Gasteiger partial charge in [-0.25, -0.2) is 14.5 Å².